The summed E-state index contributed by atoms with van der Waals surface area (Å²) in [5.41, 5.74) is 0. The van der Waals surface area contributed by atoms with Crippen molar-refractivity contribution in [3.63, 3.8) is 0 Å². The van der Waals surface area contributed by atoms with E-state index in [-0.39, 0.29) is 6.54 Å². The van der Waals surface area contributed by atoms with E-state index in [9.17, 15) is 4.79 Å². The molecule has 0 fully saturated rings. The molecule has 0 bridgehead atoms. The summed E-state index contributed by atoms with van der Waals surface area (Å²) >= 11 is 7.26. The first-order chi connectivity index (χ1) is 7.11. The fourth-order valence-corrected chi connectivity index (χ4v) is 2.35. The van der Waals surface area contributed by atoms with Crippen LogP contribution in [0.2, 0.25) is 4.34 Å². The second kappa shape index (κ2) is 5.90. The van der Waals surface area contributed by atoms with Gasteiger partial charge in [0.1, 0.15) is 0 Å². The molecule has 0 unspecified atom stereocenters. The molecule has 1 aromatic heterocycles. The summed E-state index contributed by atoms with van der Waals surface area (Å²) in [6, 6.07) is 3.72. The van der Waals surface area contributed by atoms with Gasteiger partial charge < -0.3 is 5.11 Å². The zero-order chi connectivity index (χ0) is 11.3. The van der Waals surface area contributed by atoms with E-state index in [0.29, 0.717) is 13.1 Å². The largest absolute Gasteiger partial charge is 0.480 e. The molecule has 1 aromatic rings. The summed E-state index contributed by atoms with van der Waals surface area (Å²) in [6.45, 7) is 4.76. The molecule has 0 atom stereocenters. The molecule has 0 amide bonds. The van der Waals surface area contributed by atoms with E-state index in [4.69, 9.17) is 16.7 Å². The minimum absolute atomic E-state index is 0.0154. The standard InChI is InChI=1S/C10H12ClNO2S/c1-2-5-12(7-10(13)14)6-8-3-4-9(11)15-8/h2-4H,1,5-7H2,(H,13,14). The Morgan fingerprint density at radius 1 is 1.67 bits per heavy atom. The SMILES string of the molecule is C=CCN(CC(=O)O)Cc1ccc(Cl)s1. The lowest BCUT2D eigenvalue weighted by Gasteiger charge is -2.16. The number of aliphatic carboxylic acids is 1. The van der Waals surface area contributed by atoms with Gasteiger partial charge in [0.05, 0.1) is 10.9 Å². The number of carboxylic acids is 1. The Kier molecular flexibility index (Phi) is 4.81. The Balaban J connectivity index is 2.57. The fraction of sp³-hybridized carbons (Fsp3) is 0.300. The third-order valence-electron chi connectivity index (χ3n) is 1.75. The van der Waals surface area contributed by atoms with Crippen LogP contribution in [0, 0.1) is 0 Å². The van der Waals surface area contributed by atoms with Crippen molar-refractivity contribution in [3.05, 3.63) is 34.0 Å². The maximum Gasteiger partial charge on any atom is 0.317 e. The summed E-state index contributed by atoms with van der Waals surface area (Å²) < 4.78 is 0.721. The number of thiophene rings is 1. The van der Waals surface area contributed by atoms with Crippen LogP contribution in [-0.2, 0) is 11.3 Å². The molecule has 1 N–H and O–H groups in total. The predicted octanol–water partition coefficient (Wildman–Crippen LogP) is 2.47. The van der Waals surface area contributed by atoms with E-state index in [1.54, 1.807) is 11.0 Å². The van der Waals surface area contributed by atoms with E-state index in [0.717, 1.165) is 9.21 Å². The minimum Gasteiger partial charge on any atom is -0.480 e. The molecule has 0 spiro atoms. The lowest BCUT2D eigenvalue weighted by Crippen LogP contribution is -2.29. The quantitative estimate of drug-likeness (QED) is 0.783. The van der Waals surface area contributed by atoms with Gasteiger partial charge in [-0.2, -0.15) is 0 Å². The lowest BCUT2D eigenvalue weighted by atomic mass is 10.4. The number of hydrogen-bond donors (Lipinski definition) is 1. The zero-order valence-electron chi connectivity index (χ0n) is 8.15. The highest BCUT2D eigenvalue weighted by Gasteiger charge is 2.09. The molecule has 5 heteroatoms. The van der Waals surface area contributed by atoms with Gasteiger partial charge >= 0.3 is 5.97 Å². The molecular weight excluding hydrogens is 234 g/mol. The van der Waals surface area contributed by atoms with Gasteiger partial charge in [-0.1, -0.05) is 17.7 Å². The number of carboxylic acid groups (broad SMARTS) is 1. The van der Waals surface area contributed by atoms with Gasteiger partial charge in [-0.3, -0.25) is 9.69 Å². The van der Waals surface area contributed by atoms with Gasteiger partial charge in [0.15, 0.2) is 0 Å². The van der Waals surface area contributed by atoms with Crippen molar-refractivity contribution in [2.45, 2.75) is 6.54 Å². The van der Waals surface area contributed by atoms with Crippen LogP contribution >= 0.6 is 22.9 Å². The van der Waals surface area contributed by atoms with Crippen molar-refractivity contribution in [3.8, 4) is 0 Å². The highest BCUT2D eigenvalue weighted by molar-refractivity contribution is 7.16. The Morgan fingerprint density at radius 2 is 2.40 bits per heavy atom. The molecule has 0 saturated carbocycles. The third-order valence-corrected chi connectivity index (χ3v) is 2.97. The van der Waals surface area contributed by atoms with E-state index >= 15 is 0 Å². The van der Waals surface area contributed by atoms with Crippen molar-refractivity contribution in [2.24, 2.45) is 0 Å². The van der Waals surface area contributed by atoms with Crippen LogP contribution in [0.25, 0.3) is 0 Å². The monoisotopic (exact) mass is 245 g/mol. The maximum absolute atomic E-state index is 10.6. The van der Waals surface area contributed by atoms with Crippen LogP contribution in [0.3, 0.4) is 0 Å². The van der Waals surface area contributed by atoms with Gasteiger partial charge in [-0.05, 0) is 12.1 Å². The number of halogens is 1. The van der Waals surface area contributed by atoms with Crippen LogP contribution in [0.4, 0.5) is 0 Å². The second-order valence-corrected chi connectivity index (χ2v) is 4.86. The van der Waals surface area contributed by atoms with Gasteiger partial charge in [0.2, 0.25) is 0 Å². The molecule has 15 heavy (non-hydrogen) atoms. The third kappa shape index (κ3) is 4.46. The van der Waals surface area contributed by atoms with Gasteiger partial charge in [-0.15, -0.1) is 17.9 Å². The fourth-order valence-electron chi connectivity index (χ4n) is 1.22. The second-order valence-electron chi connectivity index (χ2n) is 3.06. The average Bonchev–Trinajstić information content (AvgIpc) is 2.50. The van der Waals surface area contributed by atoms with Crippen LogP contribution in [0.5, 0.6) is 0 Å². The highest BCUT2D eigenvalue weighted by atomic mass is 35.5. The van der Waals surface area contributed by atoms with E-state index < -0.39 is 5.97 Å². The van der Waals surface area contributed by atoms with Crippen LogP contribution < -0.4 is 0 Å². The first-order valence-electron chi connectivity index (χ1n) is 4.41. The molecule has 82 valence electrons. The van der Waals surface area contributed by atoms with Crippen molar-refractivity contribution in [2.75, 3.05) is 13.1 Å². The first kappa shape index (κ1) is 12.2. The van der Waals surface area contributed by atoms with Crippen LogP contribution in [0.15, 0.2) is 24.8 Å². The summed E-state index contributed by atoms with van der Waals surface area (Å²) in [5.74, 6) is -0.834. The molecule has 0 radical (unpaired) electrons. The number of rotatable bonds is 6. The lowest BCUT2D eigenvalue weighted by molar-refractivity contribution is -0.138. The summed E-state index contributed by atoms with van der Waals surface area (Å²) in [7, 11) is 0. The van der Waals surface area contributed by atoms with Gasteiger partial charge in [0, 0.05) is 18.0 Å². The summed E-state index contributed by atoms with van der Waals surface area (Å²) in [6.07, 6.45) is 1.69. The maximum atomic E-state index is 10.6. The smallest absolute Gasteiger partial charge is 0.317 e. The molecule has 0 aromatic carbocycles. The predicted molar refractivity (Wildman–Crippen MR) is 62.4 cm³/mol. The Hall–Kier alpha value is -0.840. The normalized spacial score (nSPS) is 10.5. The molecule has 0 aliphatic heterocycles. The zero-order valence-corrected chi connectivity index (χ0v) is 9.72. The van der Waals surface area contributed by atoms with E-state index in [1.807, 2.05) is 12.1 Å². The molecular formula is C10H12ClNO2S. The number of hydrogen-bond acceptors (Lipinski definition) is 3. The molecule has 0 aliphatic rings. The molecule has 3 nitrogen and oxygen atoms in total. The first-order valence-corrected chi connectivity index (χ1v) is 5.60. The van der Waals surface area contributed by atoms with Gasteiger partial charge in [-0.25, -0.2) is 0 Å². The van der Waals surface area contributed by atoms with E-state index in [2.05, 4.69) is 6.58 Å². The van der Waals surface area contributed by atoms with Crippen molar-refractivity contribution in [1.82, 2.24) is 4.90 Å². The molecule has 1 heterocycles. The van der Waals surface area contributed by atoms with Gasteiger partial charge in [0.25, 0.3) is 0 Å². The van der Waals surface area contributed by atoms with Crippen molar-refractivity contribution < 1.29 is 9.90 Å². The molecule has 0 saturated heterocycles. The average molecular weight is 246 g/mol. The number of carbonyl (C=O) groups is 1. The van der Waals surface area contributed by atoms with Crippen molar-refractivity contribution in [1.29, 1.82) is 0 Å². The van der Waals surface area contributed by atoms with Crippen LogP contribution in [0.1, 0.15) is 4.88 Å². The Labute approximate surface area is 97.6 Å². The highest BCUT2D eigenvalue weighted by Crippen LogP contribution is 2.22. The summed E-state index contributed by atoms with van der Waals surface area (Å²) in [5, 5.41) is 8.70. The Morgan fingerprint density at radius 3 is 2.87 bits per heavy atom. The Bertz CT molecular complexity index is 351. The van der Waals surface area contributed by atoms with E-state index in [1.165, 1.54) is 11.3 Å². The van der Waals surface area contributed by atoms with Crippen molar-refractivity contribution >= 4 is 28.9 Å². The molecule has 1 rings (SSSR count). The summed E-state index contributed by atoms with van der Waals surface area (Å²) in [4.78, 5) is 13.4. The topological polar surface area (TPSA) is 40.5 Å². The molecule has 0 aliphatic carbocycles. The number of nitrogens with zero attached hydrogens (tertiary/aromatic N) is 1. The van der Waals surface area contributed by atoms with Crippen LogP contribution in [-0.4, -0.2) is 29.1 Å². The minimum atomic E-state index is -0.834.